The smallest absolute Gasteiger partial charge is 0.00879 e. The van der Waals surface area contributed by atoms with Crippen molar-refractivity contribution in [2.24, 2.45) is 11.7 Å². The van der Waals surface area contributed by atoms with Gasteiger partial charge in [0.1, 0.15) is 0 Å². The Morgan fingerprint density at radius 1 is 1.40 bits per heavy atom. The van der Waals surface area contributed by atoms with Crippen LogP contribution >= 0.6 is 0 Å². The second-order valence-corrected chi connectivity index (χ2v) is 3.00. The molecule has 2 heteroatoms. The lowest BCUT2D eigenvalue weighted by Gasteiger charge is -2.19. The highest BCUT2D eigenvalue weighted by Gasteiger charge is 2.07. The summed E-state index contributed by atoms with van der Waals surface area (Å²) < 4.78 is 0. The molecule has 0 saturated heterocycles. The van der Waals surface area contributed by atoms with Gasteiger partial charge in [-0.05, 0) is 12.3 Å². The second kappa shape index (κ2) is 5.69. The van der Waals surface area contributed by atoms with Gasteiger partial charge in [0, 0.05) is 19.1 Å². The molecule has 0 aromatic heterocycles. The molecular weight excluding hydrogens is 124 g/mol. The molecule has 3 N–H and O–H groups in total. The van der Waals surface area contributed by atoms with Crippen LogP contribution in [-0.4, -0.2) is 19.1 Å². The van der Waals surface area contributed by atoms with Crippen LogP contribution < -0.4 is 11.1 Å². The third kappa shape index (κ3) is 3.85. The molecule has 62 valence electrons. The van der Waals surface area contributed by atoms with Crippen LogP contribution in [0.3, 0.4) is 0 Å². The molecule has 0 aliphatic heterocycles. The quantitative estimate of drug-likeness (QED) is 0.603. The predicted octanol–water partition coefficient (Wildman–Crippen LogP) is 0.969. The zero-order chi connectivity index (χ0) is 7.98. The van der Waals surface area contributed by atoms with Crippen LogP contribution in [0.25, 0.3) is 0 Å². The first-order valence-electron chi connectivity index (χ1n) is 4.15. The van der Waals surface area contributed by atoms with Crippen molar-refractivity contribution in [2.45, 2.75) is 33.2 Å². The molecule has 1 unspecified atom stereocenters. The molecule has 0 spiro atoms. The van der Waals surface area contributed by atoms with E-state index in [2.05, 4.69) is 26.1 Å². The Bertz CT molecular complexity index is 71.7. The summed E-state index contributed by atoms with van der Waals surface area (Å²) in [6.07, 6.45) is 1.19. The van der Waals surface area contributed by atoms with Crippen LogP contribution in [-0.2, 0) is 0 Å². The summed E-state index contributed by atoms with van der Waals surface area (Å²) in [6, 6.07) is 0.642. The lowest BCUT2D eigenvalue weighted by molar-refractivity contribution is 0.393. The molecule has 10 heavy (non-hydrogen) atoms. The van der Waals surface area contributed by atoms with E-state index in [0.29, 0.717) is 6.04 Å². The van der Waals surface area contributed by atoms with Crippen molar-refractivity contribution in [3.8, 4) is 0 Å². The summed E-state index contributed by atoms with van der Waals surface area (Å²) in [5.41, 5.74) is 5.37. The fraction of sp³-hybridized carbons (Fsp3) is 1.00. The Hall–Kier alpha value is -0.0800. The minimum atomic E-state index is 0.642. The summed E-state index contributed by atoms with van der Waals surface area (Å²) >= 11 is 0. The van der Waals surface area contributed by atoms with Gasteiger partial charge in [-0.2, -0.15) is 0 Å². The van der Waals surface area contributed by atoms with Crippen molar-refractivity contribution >= 4 is 0 Å². The first-order chi connectivity index (χ1) is 4.72. The van der Waals surface area contributed by atoms with Gasteiger partial charge in [-0.15, -0.1) is 0 Å². The summed E-state index contributed by atoms with van der Waals surface area (Å²) in [7, 11) is 0. The molecule has 0 aliphatic rings. The number of rotatable bonds is 5. The predicted molar refractivity (Wildman–Crippen MR) is 46.0 cm³/mol. The Balaban J connectivity index is 3.40. The van der Waals surface area contributed by atoms with E-state index in [0.717, 1.165) is 19.0 Å². The third-order valence-corrected chi connectivity index (χ3v) is 1.80. The molecule has 0 heterocycles. The average Bonchev–Trinajstić information content (AvgIpc) is 1.89. The summed E-state index contributed by atoms with van der Waals surface area (Å²) in [5.74, 6) is 0.719. The van der Waals surface area contributed by atoms with E-state index in [-0.39, 0.29) is 0 Å². The van der Waals surface area contributed by atoms with Gasteiger partial charge in [-0.1, -0.05) is 20.8 Å². The van der Waals surface area contributed by atoms with Crippen LogP contribution in [0.15, 0.2) is 0 Å². The Labute approximate surface area is 64.2 Å². The fourth-order valence-corrected chi connectivity index (χ4v) is 1.12. The van der Waals surface area contributed by atoms with E-state index in [1.54, 1.807) is 0 Å². The highest BCUT2D eigenvalue weighted by molar-refractivity contribution is 4.67. The van der Waals surface area contributed by atoms with Crippen molar-refractivity contribution in [1.29, 1.82) is 0 Å². The maximum Gasteiger partial charge on any atom is 0.00879 e. The topological polar surface area (TPSA) is 38.0 Å². The van der Waals surface area contributed by atoms with Crippen molar-refractivity contribution in [2.75, 3.05) is 13.1 Å². The molecule has 2 nitrogen and oxygen atoms in total. The lowest BCUT2D eigenvalue weighted by atomic mass is 10.0. The largest absolute Gasteiger partial charge is 0.329 e. The summed E-state index contributed by atoms with van der Waals surface area (Å²) in [5, 5.41) is 3.39. The molecule has 0 aromatic rings. The standard InChI is InChI=1S/C8H20N2/c1-4-8(7(2)3)10-6-5-9/h7-8,10H,4-6,9H2,1-3H3. The van der Waals surface area contributed by atoms with E-state index in [1.807, 2.05) is 0 Å². The van der Waals surface area contributed by atoms with Gasteiger partial charge in [-0.25, -0.2) is 0 Å². The average molecular weight is 144 g/mol. The Morgan fingerprint density at radius 3 is 2.30 bits per heavy atom. The molecule has 0 amide bonds. The lowest BCUT2D eigenvalue weighted by Crippen LogP contribution is -2.36. The third-order valence-electron chi connectivity index (χ3n) is 1.80. The van der Waals surface area contributed by atoms with Crippen LogP contribution in [0.2, 0.25) is 0 Å². The van der Waals surface area contributed by atoms with Crippen molar-refractivity contribution in [1.82, 2.24) is 5.32 Å². The first-order valence-corrected chi connectivity index (χ1v) is 4.15. The SMILES string of the molecule is CCC(NCCN)C(C)C. The first kappa shape index (κ1) is 9.92. The van der Waals surface area contributed by atoms with Crippen molar-refractivity contribution in [3.63, 3.8) is 0 Å². The minimum absolute atomic E-state index is 0.642. The maximum absolute atomic E-state index is 5.37. The van der Waals surface area contributed by atoms with Gasteiger partial charge >= 0.3 is 0 Å². The maximum atomic E-state index is 5.37. The Kier molecular flexibility index (Phi) is 5.64. The fourth-order valence-electron chi connectivity index (χ4n) is 1.12. The van der Waals surface area contributed by atoms with E-state index < -0.39 is 0 Å². The zero-order valence-electron chi connectivity index (χ0n) is 7.35. The molecular formula is C8H20N2. The Morgan fingerprint density at radius 2 is 2.00 bits per heavy atom. The number of hydrogen-bond acceptors (Lipinski definition) is 2. The normalized spacial score (nSPS) is 14.1. The molecule has 0 radical (unpaired) electrons. The van der Waals surface area contributed by atoms with Gasteiger partial charge in [-0.3, -0.25) is 0 Å². The van der Waals surface area contributed by atoms with E-state index in [4.69, 9.17) is 5.73 Å². The highest BCUT2D eigenvalue weighted by atomic mass is 14.9. The van der Waals surface area contributed by atoms with Crippen LogP contribution in [0, 0.1) is 5.92 Å². The van der Waals surface area contributed by atoms with Crippen molar-refractivity contribution < 1.29 is 0 Å². The molecule has 0 fully saturated rings. The van der Waals surface area contributed by atoms with Crippen LogP contribution in [0.4, 0.5) is 0 Å². The van der Waals surface area contributed by atoms with Crippen LogP contribution in [0.1, 0.15) is 27.2 Å². The van der Waals surface area contributed by atoms with Gasteiger partial charge in [0.25, 0.3) is 0 Å². The molecule has 0 aliphatic carbocycles. The van der Waals surface area contributed by atoms with E-state index in [1.165, 1.54) is 6.42 Å². The number of nitrogens with two attached hydrogens (primary N) is 1. The van der Waals surface area contributed by atoms with E-state index in [9.17, 15) is 0 Å². The molecule has 0 bridgehead atoms. The minimum Gasteiger partial charge on any atom is -0.329 e. The molecule has 0 saturated carbocycles. The highest BCUT2D eigenvalue weighted by Crippen LogP contribution is 2.03. The van der Waals surface area contributed by atoms with Gasteiger partial charge in [0.15, 0.2) is 0 Å². The molecule has 0 aromatic carbocycles. The monoisotopic (exact) mass is 144 g/mol. The van der Waals surface area contributed by atoms with Crippen molar-refractivity contribution in [3.05, 3.63) is 0 Å². The van der Waals surface area contributed by atoms with E-state index >= 15 is 0 Å². The zero-order valence-corrected chi connectivity index (χ0v) is 7.35. The number of nitrogens with one attached hydrogen (secondary N) is 1. The second-order valence-electron chi connectivity index (χ2n) is 3.00. The van der Waals surface area contributed by atoms with Crippen LogP contribution in [0.5, 0.6) is 0 Å². The summed E-state index contributed by atoms with van der Waals surface area (Å²) in [4.78, 5) is 0. The van der Waals surface area contributed by atoms with Gasteiger partial charge < -0.3 is 11.1 Å². The molecule has 0 rings (SSSR count). The number of hydrogen-bond donors (Lipinski definition) is 2. The molecule has 1 atom stereocenters. The van der Waals surface area contributed by atoms with Gasteiger partial charge in [0.2, 0.25) is 0 Å². The summed E-state index contributed by atoms with van der Waals surface area (Å²) in [6.45, 7) is 8.35. The van der Waals surface area contributed by atoms with Gasteiger partial charge in [0.05, 0.1) is 0 Å².